The summed E-state index contributed by atoms with van der Waals surface area (Å²) in [6, 6.07) is 10.9. The van der Waals surface area contributed by atoms with Crippen LogP contribution in [0.15, 0.2) is 30.3 Å². The van der Waals surface area contributed by atoms with E-state index in [-0.39, 0.29) is 0 Å². The smallest absolute Gasteiger partial charge is 0.00171 e. The number of hydrogen-bond acceptors (Lipinski definition) is 1. The first-order valence-corrected chi connectivity index (χ1v) is 6.43. The summed E-state index contributed by atoms with van der Waals surface area (Å²) in [5.41, 5.74) is 1.47. The van der Waals surface area contributed by atoms with Crippen molar-refractivity contribution in [1.29, 1.82) is 0 Å². The van der Waals surface area contributed by atoms with Gasteiger partial charge in [0, 0.05) is 6.54 Å². The highest BCUT2D eigenvalue weighted by Gasteiger charge is 2.10. The summed E-state index contributed by atoms with van der Waals surface area (Å²) < 4.78 is 0. The molecule has 1 rings (SSSR count). The van der Waals surface area contributed by atoms with Gasteiger partial charge < -0.3 is 5.32 Å². The van der Waals surface area contributed by atoms with Crippen molar-refractivity contribution < 1.29 is 0 Å². The lowest BCUT2D eigenvalue weighted by Gasteiger charge is -2.17. The third-order valence-corrected chi connectivity index (χ3v) is 3.06. The Morgan fingerprint density at radius 3 is 2.31 bits per heavy atom. The fourth-order valence-electron chi connectivity index (χ4n) is 2.13. The Morgan fingerprint density at radius 2 is 1.75 bits per heavy atom. The first-order valence-electron chi connectivity index (χ1n) is 6.43. The van der Waals surface area contributed by atoms with Gasteiger partial charge in [0.15, 0.2) is 0 Å². The molecule has 16 heavy (non-hydrogen) atoms. The van der Waals surface area contributed by atoms with Gasteiger partial charge in [0.25, 0.3) is 0 Å². The predicted octanol–water partition coefficient (Wildman–Crippen LogP) is 3.82. The summed E-state index contributed by atoms with van der Waals surface area (Å²) in [5, 5.41) is 3.30. The Balaban J connectivity index is 2.48. The topological polar surface area (TPSA) is 12.0 Å². The molecule has 1 N–H and O–H groups in total. The van der Waals surface area contributed by atoms with Crippen LogP contribution in [0.1, 0.15) is 44.6 Å². The zero-order valence-corrected chi connectivity index (χ0v) is 10.9. The highest BCUT2D eigenvalue weighted by molar-refractivity contribution is 5.19. The molecule has 1 aromatic carbocycles. The molecular formula is C15H25N. The van der Waals surface area contributed by atoms with E-state index >= 15 is 0 Å². The largest absolute Gasteiger partial charge is 0.319 e. The Morgan fingerprint density at radius 1 is 1.06 bits per heavy atom. The molecule has 0 heterocycles. The maximum atomic E-state index is 3.30. The number of hydrogen-bond donors (Lipinski definition) is 1. The SMILES string of the molecule is CNCC(CCCC(C)C)c1ccccc1. The maximum absolute atomic E-state index is 3.30. The zero-order chi connectivity index (χ0) is 11.8. The van der Waals surface area contributed by atoms with Gasteiger partial charge in [-0.15, -0.1) is 0 Å². The first kappa shape index (κ1) is 13.2. The molecule has 0 saturated carbocycles. The molecule has 1 heteroatoms. The lowest BCUT2D eigenvalue weighted by molar-refractivity contribution is 0.490. The van der Waals surface area contributed by atoms with Crippen LogP contribution < -0.4 is 5.32 Å². The Bertz CT molecular complexity index is 266. The lowest BCUT2D eigenvalue weighted by Crippen LogP contribution is -2.17. The summed E-state index contributed by atoms with van der Waals surface area (Å²) in [6.45, 7) is 5.69. The predicted molar refractivity (Wildman–Crippen MR) is 71.8 cm³/mol. The molecule has 0 spiro atoms. The average Bonchev–Trinajstić information content (AvgIpc) is 2.29. The normalized spacial score (nSPS) is 13.0. The van der Waals surface area contributed by atoms with Crippen LogP contribution in [-0.2, 0) is 0 Å². The molecule has 0 aromatic heterocycles. The van der Waals surface area contributed by atoms with Crippen LogP contribution in [0.2, 0.25) is 0 Å². The second kappa shape index (κ2) is 7.45. The fraction of sp³-hybridized carbons (Fsp3) is 0.600. The van der Waals surface area contributed by atoms with Crippen LogP contribution >= 0.6 is 0 Å². The molecule has 1 unspecified atom stereocenters. The summed E-state index contributed by atoms with van der Waals surface area (Å²) in [4.78, 5) is 0. The van der Waals surface area contributed by atoms with Gasteiger partial charge >= 0.3 is 0 Å². The minimum absolute atomic E-state index is 0.671. The van der Waals surface area contributed by atoms with E-state index < -0.39 is 0 Å². The molecule has 0 radical (unpaired) electrons. The molecule has 0 aliphatic rings. The minimum Gasteiger partial charge on any atom is -0.319 e. The number of nitrogens with one attached hydrogen (secondary N) is 1. The number of benzene rings is 1. The van der Waals surface area contributed by atoms with Crippen LogP contribution in [0, 0.1) is 5.92 Å². The van der Waals surface area contributed by atoms with Crippen molar-refractivity contribution in [2.75, 3.05) is 13.6 Å². The monoisotopic (exact) mass is 219 g/mol. The van der Waals surface area contributed by atoms with Crippen LogP contribution in [0.4, 0.5) is 0 Å². The summed E-state index contributed by atoms with van der Waals surface area (Å²) in [6.07, 6.45) is 3.97. The van der Waals surface area contributed by atoms with Gasteiger partial charge in [0.2, 0.25) is 0 Å². The van der Waals surface area contributed by atoms with E-state index in [1.165, 1.54) is 24.8 Å². The van der Waals surface area contributed by atoms with Crippen molar-refractivity contribution in [2.24, 2.45) is 5.92 Å². The van der Waals surface area contributed by atoms with E-state index in [1.54, 1.807) is 0 Å². The van der Waals surface area contributed by atoms with Crippen molar-refractivity contribution in [2.45, 2.75) is 39.0 Å². The molecule has 1 nitrogen and oxygen atoms in total. The summed E-state index contributed by atoms with van der Waals surface area (Å²) in [7, 11) is 2.04. The molecule has 0 fully saturated rings. The zero-order valence-electron chi connectivity index (χ0n) is 10.9. The van der Waals surface area contributed by atoms with Crippen molar-refractivity contribution in [3.8, 4) is 0 Å². The summed E-state index contributed by atoms with van der Waals surface area (Å²) in [5.74, 6) is 1.50. The third-order valence-electron chi connectivity index (χ3n) is 3.06. The lowest BCUT2D eigenvalue weighted by atomic mass is 9.92. The van der Waals surface area contributed by atoms with Crippen LogP contribution in [0.3, 0.4) is 0 Å². The quantitative estimate of drug-likeness (QED) is 0.735. The number of rotatable bonds is 7. The van der Waals surface area contributed by atoms with Crippen molar-refractivity contribution >= 4 is 0 Å². The van der Waals surface area contributed by atoms with Crippen molar-refractivity contribution in [1.82, 2.24) is 5.32 Å². The molecule has 0 aliphatic heterocycles. The second-order valence-corrected chi connectivity index (χ2v) is 4.99. The minimum atomic E-state index is 0.671. The van der Waals surface area contributed by atoms with Gasteiger partial charge in [-0.3, -0.25) is 0 Å². The van der Waals surface area contributed by atoms with E-state index in [0.29, 0.717) is 5.92 Å². The Kier molecular flexibility index (Phi) is 6.17. The van der Waals surface area contributed by atoms with Crippen LogP contribution in [0.25, 0.3) is 0 Å². The second-order valence-electron chi connectivity index (χ2n) is 4.99. The first-order chi connectivity index (χ1) is 7.74. The van der Waals surface area contributed by atoms with Gasteiger partial charge in [0.05, 0.1) is 0 Å². The van der Waals surface area contributed by atoms with Gasteiger partial charge in [0.1, 0.15) is 0 Å². The van der Waals surface area contributed by atoms with Gasteiger partial charge in [-0.25, -0.2) is 0 Å². The highest BCUT2D eigenvalue weighted by Crippen LogP contribution is 2.22. The van der Waals surface area contributed by atoms with Crippen molar-refractivity contribution in [3.63, 3.8) is 0 Å². The van der Waals surface area contributed by atoms with E-state index in [0.717, 1.165) is 12.5 Å². The molecule has 1 atom stereocenters. The fourth-order valence-corrected chi connectivity index (χ4v) is 2.13. The molecule has 0 saturated heterocycles. The molecular weight excluding hydrogens is 194 g/mol. The van der Waals surface area contributed by atoms with Gasteiger partial charge in [-0.05, 0) is 30.9 Å². The molecule has 0 bridgehead atoms. The third kappa shape index (κ3) is 4.80. The molecule has 90 valence electrons. The van der Waals surface area contributed by atoms with Crippen LogP contribution in [-0.4, -0.2) is 13.6 Å². The van der Waals surface area contributed by atoms with Gasteiger partial charge in [-0.2, -0.15) is 0 Å². The summed E-state index contributed by atoms with van der Waals surface area (Å²) >= 11 is 0. The molecule has 0 amide bonds. The van der Waals surface area contributed by atoms with E-state index in [2.05, 4.69) is 49.5 Å². The molecule has 0 aliphatic carbocycles. The number of likely N-dealkylation sites (N-methyl/N-ethyl adjacent to an activating group) is 1. The van der Waals surface area contributed by atoms with Crippen molar-refractivity contribution in [3.05, 3.63) is 35.9 Å². The highest BCUT2D eigenvalue weighted by atomic mass is 14.8. The van der Waals surface area contributed by atoms with E-state index in [9.17, 15) is 0 Å². The Labute approximate surface area is 100 Å². The standard InChI is InChI=1S/C15H25N/c1-13(2)8-7-11-15(12-16-3)14-9-5-4-6-10-14/h4-6,9-10,13,15-16H,7-8,11-12H2,1-3H3. The van der Waals surface area contributed by atoms with E-state index in [1.807, 2.05) is 7.05 Å². The maximum Gasteiger partial charge on any atom is 0.00171 e. The van der Waals surface area contributed by atoms with Gasteiger partial charge in [-0.1, -0.05) is 57.0 Å². The van der Waals surface area contributed by atoms with E-state index in [4.69, 9.17) is 0 Å². The van der Waals surface area contributed by atoms with Crippen LogP contribution in [0.5, 0.6) is 0 Å². The Hall–Kier alpha value is -0.820. The molecule has 1 aromatic rings. The average molecular weight is 219 g/mol.